The number of aliphatic hydroxyl groups is 1. The number of aliphatic hydroxyl groups excluding tert-OH is 1. The maximum absolute atomic E-state index is 13.1. The van der Waals surface area contributed by atoms with E-state index in [4.69, 9.17) is 9.47 Å². The van der Waals surface area contributed by atoms with Crippen LogP contribution >= 0.6 is 0 Å². The van der Waals surface area contributed by atoms with Gasteiger partial charge in [0.25, 0.3) is 11.7 Å². The Morgan fingerprint density at radius 1 is 1.09 bits per heavy atom. The number of carbonyl (C=O) groups excluding carboxylic acids is 3. The van der Waals surface area contributed by atoms with Gasteiger partial charge in [-0.05, 0) is 60.6 Å². The molecule has 0 aromatic heterocycles. The van der Waals surface area contributed by atoms with Crippen LogP contribution in [0.25, 0.3) is 5.76 Å². The second-order valence-corrected chi connectivity index (χ2v) is 8.34. The van der Waals surface area contributed by atoms with Crippen LogP contribution in [0.15, 0.2) is 48.0 Å². The van der Waals surface area contributed by atoms with Gasteiger partial charge in [-0.25, -0.2) is 0 Å². The summed E-state index contributed by atoms with van der Waals surface area (Å²) < 4.78 is 10.3. The number of hydrogen-bond acceptors (Lipinski definition) is 6. The highest BCUT2D eigenvalue weighted by Crippen LogP contribution is 2.40. The Bertz CT molecular complexity index is 1140. The second-order valence-electron chi connectivity index (χ2n) is 8.34. The molecule has 2 aromatic rings. The Labute approximate surface area is 192 Å². The quantitative estimate of drug-likeness (QED) is 0.238. The summed E-state index contributed by atoms with van der Waals surface area (Å²) in [4.78, 5) is 38.8. The highest BCUT2D eigenvalue weighted by atomic mass is 16.5. The smallest absolute Gasteiger partial charge is 0.308 e. The van der Waals surface area contributed by atoms with E-state index in [1.165, 1.54) is 24.5 Å². The predicted molar refractivity (Wildman–Crippen MR) is 122 cm³/mol. The molecule has 2 aromatic carbocycles. The molecule has 0 radical (unpaired) electrons. The SMILES string of the molecule is COCCN1C(=O)C(=O)/C(=C(\O)c2ccc3c(c2)CCCC3)C1c1cccc(OC(C)=O)c1. The highest BCUT2D eigenvalue weighted by Gasteiger charge is 2.46. The van der Waals surface area contributed by atoms with Crippen LogP contribution in [0.4, 0.5) is 0 Å². The van der Waals surface area contributed by atoms with Gasteiger partial charge >= 0.3 is 5.97 Å². The van der Waals surface area contributed by atoms with Crippen LogP contribution in [-0.2, 0) is 32.0 Å². The summed E-state index contributed by atoms with van der Waals surface area (Å²) in [5.74, 6) is -1.83. The molecule has 0 spiro atoms. The fourth-order valence-electron chi connectivity index (χ4n) is 4.60. The lowest BCUT2D eigenvalue weighted by Crippen LogP contribution is -2.32. The van der Waals surface area contributed by atoms with E-state index in [1.807, 2.05) is 12.1 Å². The molecule has 1 fully saturated rings. The summed E-state index contributed by atoms with van der Waals surface area (Å²) in [6.07, 6.45) is 4.15. The normalized spacial score (nSPS) is 19.5. The number of ketones is 1. The molecule has 33 heavy (non-hydrogen) atoms. The molecule has 4 rings (SSSR count). The number of likely N-dealkylation sites (tertiary alicyclic amines) is 1. The van der Waals surface area contributed by atoms with Gasteiger partial charge in [-0.15, -0.1) is 0 Å². The molecular weight excluding hydrogens is 422 g/mol. The van der Waals surface area contributed by atoms with E-state index >= 15 is 0 Å². The fourth-order valence-corrected chi connectivity index (χ4v) is 4.60. The molecule has 0 saturated carbocycles. The van der Waals surface area contributed by atoms with Crippen LogP contribution in [0.2, 0.25) is 0 Å². The number of nitrogens with zero attached hydrogens (tertiary/aromatic N) is 1. The van der Waals surface area contributed by atoms with Crippen LogP contribution in [-0.4, -0.2) is 47.9 Å². The fraction of sp³-hybridized carbons (Fsp3) is 0.346. The third-order valence-electron chi connectivity index (χ3n) is 6.13. The van der Waals surface area contributed by atoms with Gasteiger partial charge in [-0.2, -0.15) is 0 Å². The zero-order chi connectivity index (χ0) is 23.5. The minimum absolute atomic E-state index is 0.0202. The van der Waals surface area contributed by atoms with E-state index in [0.29, 0.717) is 16.9 Å². The van der Waals surface area contributed by atoms with Gasteiger partial charge in [0.1, 0.15) is 11.5 Å². The number of fused-ring (bicyclic) bond motifs is 1. The Kier molecular flexibility index (Phi) is 6.60. The van der Waals surface area contributed by atoms with Crippen molar-refractivity contribution in [3.8, 4) is 5.75 Å². The van der Waals surface area contributed by atoms with Crippen LogP contribution in [0.3, 0.4) is 0 Å². The zero-order valence-corrected chi connectivity index (χ0v) is 18.8. The Morgan fingerprint density at radius 3 is 2.58 bits per heavy atom. The van der Waals surface area contributed by atoms with E-state index in [-0.39, 0.29) is 24.5 Å². The van der Waals surface area contributed by atoms with Crippen LogP contribution in [0, 0.1) is 0 Å². The lowest BCUT2D eigenvalue weighted by atomic mass is 9.88. The molecule has 7 heteroatoms. The first-order valence-corrected chi connectivity index (χ1v) is 11.1. The van der Waals surface area contributed by atoms with Gasteiger partial charge < -0.3 is 19.5 Å². The summed E-state index contributed by atoms with van der Waals surface area (Å²) in [5.41, 5.74) is 3.51. The molecule has 1 unspecified atom stereocenters. The molecule has 1 N–H and O–H groups in total. The molecule has 172 valence electrons. The molecule has 2 aliphatic rings. The van der Waals surface area contributed by atoms with Gasteiger partial charge in [0, 0.05) is 26.1 Å². The largest absolute Gasteiger partial charge is 0.507 e. The lowest BCUT2D eigenvalue weighted by molar-refractivity contribution is -0.140. The van der Waals surface area contributed by atoms with Crippen LogP contribution in [0.1, 0.15) is 48.1 Å². The molecule has 1 amide bonds. The van der Waals surface area contributed by atoms with Crippen molar-refractivity contribution in [2.75, 3.05) is 20.3 Å². The van der Waals surface area contributed by atoms with Crippen LogP contribution in [0.5, 0.6) is 5.75 Å². The van der Waals surface area contributed by atoms with E-state index < -0.39 is 23.7 Å². The Morgan fingerprint density at radius 2 is 1.85 bits per heavy atom. The number of carbonyl (C=O) groups is 3. The average Bonchev–Trinajstić information content (AvgIpc) is 3.06. The zero-order valence-electron chi connectivity index (χ0n) is 18.8. The van der Waals surface area contributed by atoms with Crippen LogP contribution < -0.4 is 4.74 Å². The first-order chi connectivity index (χ1) is 15.9. The molecule has 7 nitrogen and oxygen atoms in total. The maximum atomic E-state index is 13.1. The molecule has 1 heterocycles. The number of methoxy groups -OCH3 is 1. The monoisotopic (exact) mass is 449 g/mol. The summed E-state index contributed by atoms with van der Waals surface area (Å²) >= 11 is 0. The number of hydrogen-bond donors (Lipinski definition) is 1. The van der Waals surface area contributed by atoms with Crippen molar-refractivity contribution in [2.45, 2.75) is 38.6 Å². The molecule has 0 bridgehead atoms. The van der Waals surface area contributed by atoms with E-state index in [1.54, 1.807) is 30.3 Å². The summed E-state index contributed by atoms with van der Waals surface area (Å²) in [5, 5.41) is 11.3. The van der Waals surface area contributed by atoms with E-state index in [9.17, 15) is 19.5 Å². The first-order valence-electron chi connectivity index (χ1n) is 11.1. The van der Waals surface area contributed by atoms with Gasteiger partial charge in [0.2, 0.25) is 0 Å². The third kappa shape index (κ3) is 4.54. The number of ether oxygens (including phenoxy) is 2. The van der Waals surface area contributed by atoms with Crippen molar-refractivity contribution in [3.63, 3.8) is 0 Å². The predicted octanol–water partition coefficient (Wildman–Crippen LogP) is 3.56. The number of aryl methyl sites for hydroxylation is 2. The van der Waals surface area contributed by atoms with Gasteiger partial charge in [-0.3, -0.25) is 14.4 Å². The highest BCUT2D eigenvalue weighted by molar-refractivity contribution is 6.46. The van der Waals surface area contributed by atoms with Crippen molar-refractivity contribution < 1.29 is 29.0 Å². The second kappa shape index (κ2) is 9.58. The molecule has 1 aliphatic heterocycles. The Hall–Kier alpha value is -3.45. The maximum Gasteiger partial charge on any atom is 0.308 e. The Balaban J connectivity index is 1.83. The van der Waals surface area contributed by atoms with Crippen molar-refractivity contribution in [1.82, 2.24) is 4.90 Å². The average molecular weight is 450 g/mol. The topological polar surface area (TPSA) is 93.1 Å². The first kappa shape index (κ1) is 22.7. The third-order valence-corrected chi connectivity index (χ3v) is 6.13. The number of amides is 1. The van der Waals surface area contributed by atoms with Crippen molar-refractivity contribution in [1.29, 1.82) is 0 Å². The minimum atomic E-state index is -0.827. The van der Waals surface area contributed by atoms with Gasteiger partial charge in [0.05, 0.1) is 18.2 Å². The molecule has 1 aliphatic carbocycles. The summed E-state index contributed by atoms with van der Waals surface area (Å²) in [6, 6.07) is 11.5. The molecule has 1 atom stereocenters. The standard InChI is InChI=1S/C26H27NO6/c1-16(28)33-21-9-5-8-19(15-21)23-22(25(30)26(31)27(23)12-13-32-2)24(29)20-11-10-17-6-3-4-7-18(17)14-20/h5,8-11,14-15,23,29H,3-4,6-7,12-13H2,1-2H3/b24-22-. The van der Waals surface area contributed by atoms with Crippen molar-refractivity contribution in [3.05, 3.63) is 70.3 Å². The lowest BCUT2D eigenvalue weighted by Gasteiger charge is -2.25. The van der Waals surface area contributed by atoms with E-state index in [0.717, 1.165) is 31.2 Å². The van der Waals surface area contributed by atoms with Crippen molar-refractivity contribution in [2.24, 2.45) is 0 Å². The minimum Gasteiger partial charge on any atom is -0.507 e. The summed E-state index contributed by atoms with van der Waals surface area (Å²) in [6.45, 7) is 1.70. The number of benzene rings is 2. The number of esters is 1. The number of Topliss-reactive ketones (excluding diaryl/α,β-unsaturated/α-hetero) is 1. The number of rotatable bonds is 6. The van der Waals surface area contributed by atoms with E-state index in [2.05, 4.69) is 0 Å². The molecule has 1 saturated heterocycles. The van der Waals surface area contributed by atoms with Crippen molar-refractivity contribution >= 4 is 23.4 Å². The van der Waals surface area contributed by atoms with Gasteiger partial charge in [0.15, 0.2) is 0 Å². The summed E-state index contributed by atoms with van der Waals surface area (Å²) in [7, 11) is 1.51. The van der Waals surface area contributed by atoms with Gasteiger partial charge in [-0.1, -0.05) is 24.3 Å². The molecular formula is C26H27NO6.